The molecule has 0 fully saturated rings. The van der Waals surface area contributed by atoms with Gasteiger partial charge in [0.05, 0.1) is 29.5 Å². The molecule has 0 aliphatic carbocycles. The van der Waals surface area contributed by atoms with Crippen LogP contribution in [-0.4, -0.2) is 70.7 Å². The number of nitrogens with zero attached hydrogens (tertiary/aromatic N) is 6. The molecule has 2 heterocycles. The summed E-state index contributed by atoms with van der Waals surface area (Å²) in [5, 5.41) is 18.7. The summed E-state index contributed by atoms with van der Waals surface area (Å²) in [5.74, 6) is -3.95. The molecule has 1 N–H and O–H groups in total. The van der Waals surface area contributed by atoms with Gasteiger partial charge in [-0.1, -0.05) is 35.3 Å². The lowest BCUT2D eigenvalue weighted by atomic mass is 10.0. The summed E-state index contributed by atoms with van der Waals surface area (Å²) in [6.45, 7) is 2.83. The highest BCUT2D eigenvalue weighted by molar-refractivity contribution is 6.32. The Bertz CT molecular complexity index is 1780. The fraction of sp³-hybridized carbons (Fsp3) is 0.414. The Morgan fingerprint density at radius 1 is 0.979 bits per heavy atom. The van der Waals surface area contributed by atoms with E-state index in [9.17, 15) is 41.0 Å². The van der Waals surface area contributed by atoms with E-state index >= 15 is 0 Å². The predicted molar refractivity (Wildman–Crippen MR) is 159 cm³/mol. The average Bonchev–Trinajstić information content (AvgIpc) is 3.51. The number of carbonyl (C=O) groups excluding carboxylic acids is 1. The van der Waals surface area contributed by atoms with Gasteiger partial charge in [-0.15, -0.1) is 10.2 Å². The largest absolute Gasteiger partial charge is 0.449 e. The van der Waals surface area contributed by atoms with E-state index in [0.29, 0.717) is 9.59 Å². The van der Waals surface area contributed by atoms with E-state index in [1.54, 1.807) is 32.9 Å². The molecule has 0 aliphatic rings. The lowest BCUT2D eigenvalue weighted by Gasteiger charge is -2.24. The Morgan fingerprint density at radius 2 is 1.62 bits per heavy atom. The van der Waals surface area contributed by atoms with E-state index in [0.717, 1.165) is 9.36 Å². The van der Waals surface area contributed by atoms with Crippen molar-refractivity contribution in [3.8, 4) is 17.1 Å². The second kappa shape index (κ2) is 13.8. The monoisotopic (exact) mass is 708 g/mol. The van der Waals surface area contributed by atoms with Gasteiger partial charge in [-0.3, -0.25) is 9.36 Å². The molecule has 0 aliphatic heterocycles. The van der Waals surface area contributed by atoms with E-state index < -0.39 is 67.6 Å². The number of hydrogen-bond donors (Lipinski definition) is 1. The molecule has 4 rings (SSSR count). The predicted octanol–water partition coefficient (Wildman–Crippen LogP) is 5.99. The van der Waals surface area contributed by atoms with Crippen molar-refractivity contribution in [2.75, 3.05) is 6.61 Å². The van der Waals surface area contributed by atoms with Crippen LogP contribution >= 0.6 is 23.2 Å². The Labute approximate surface area is 273 Å². The van der Waals surface area contributed by atoms with Crippen LogP contribution in [0.1, 0.15) is 44.8 Å². The van der Waals surface area contributed by atoms with Gasteiger partial charge in [-0.2, -0.15) is 26.3 Å². The van der Waals surface area contributed by atoms with E-state index in [4.69, 9.17) is 27.9 Å². The Kier molecular flexibility index (Phi) is 10.6. The number of para-hydroxylation sites is 1. The number of rotatable bonds is 11. The van der Waals surface area contributed by atoms with Crippen molar-refractivity contribution >= 4 is 29.0 Å². The second-order valence-electron chi connectivity index (χ2n) is 11.4. The van der Waals surface area contributed by atoms with Crippen LogP contribution in [0.4, 0.5) is 26.3 Å². The molecule has 2 atom stereocenters. The molecule has 4 aromatic rings. The Hall–Kier alpha value is -3.73. The number of benzene rings is 2. The number of hydrogen-bond acceptors (Lipinski definition) is 7. The molecule has 0 spiro atoms. The molecule has 0 saturated heterocycles. The highest BCUT2D eigenvalue weighted by Gasteiger charge is 2.41. The van der Waals surface area contributed by atoms with Gasteiger partial charge in [0.2, 0.25) is 5.78 Å². The minimum absolute atomic E-state index is 0.121. The van der Waals surface area contributed by atoms with E-state index in [2.05, 4.69) is 15.2 Å². The average molecular weight is 709 g/mol. The standard InChI is InChI=1S/C29H28Cl2F6N6O4/c1-27(2,3)47-15-17(12-21(44)28(32,33)34)24-38-23(39-43(24)20-7-5-4-6-19(20)31)14-42-26(46)41(13-22(45)29(35,36)37)25(40-42)16-8-10-18(30)11-9-16/h4-11,17,22,45H,12-15H2,1-3H3/t17-,22-/m0/s1. The molecule has 0 amide bonds. The Morgan fingerprint density at radius 3 is 2.19 bits per heavy atom. The highest BCUT2D eigenvalue weighted by Crippen LogP contribution is 2.31. The maximum Gasteiger partial charge on any atom is 0.449 e. The number of aromatic nitrogens is 6. The van der Waals surface area contributed by atoms with Gasteiger partial charge >= 0.3 is 18.0 Å². The smallest absolute Gasteiger partial charge is 0.382 e. The van der Waals surface area contributed by atoms with Crippen molar-refractivity contribution in [3.63, 3.8) is 0 Å². The Balaban J connectivity index is 1.84. The third kappa shape index (κ3) is 9.00. The van der Waals surface area contributed by atoms with Crippen LogP contribution in [0.25, 0.3) is 17.1 Å². The zero-order valence-electron chi connectivity index (χ0n) is 25.0. The van der Waals surface area contributed by atoms with Crippen molar-refractivity contribution in [1.29, 1.82) is 0 Å². The van der Waals surface area contributed by atoms with Crippen LogP contribution < -0.4 is 5.69 Å². The van der Waals surface area contributed by atoms with Crippen molar-refractivity contribution in [2.45, 2.75) is 70.3 Å². The van der Waals surface area contributed by atoms with E-state index in [1.807, 2.05) is 0 Å². The summed E-state index contributed by atoms with van der Waals surface area (Å²) in [4.78, 5) is 29.9. The van der Waals surface area contributed by atoms with Crippen molar-refractivity contribution in [1.82, 2.24) is 29.1 Å². The molecule has 0 saturated carbocycles. The first-order valence-corrected chi connectivity index (χ1v) is 14.6. The van der Waals surface area contributed by atoms with Gasteiger partial charge in [0.15, 0.2) is 17.8 Å². The van der Waals surface area contributed by atoms with Crippen molar-refractivity contribution in [2.24, 2.45) is 0 Å². The van der Waals surface area contributed by atoms with Crippen LogP contribution in [0.2, 0.25) is 10.0 Å². The van der Waals surface area contributed by atoms with Crippen LogP contribution in [0.15, 0.2) is 53.3 Å². The number of ketones is 1. The summed E-state index contributed by atoms with van der Waals surface area (Å²) < 4.78 is 88.2. The third-order valence-electron chi connectivity index (χ3n) is 6.64. The molecule has 10 nitrogen and oxygen atoms in total. The number of aliphatic hydroxyl groups excluding tert-OH is 1. The van der Waals surface area contributed by atoms with Gasteiger partial charge in [0.25, 0.3) is 0 Å². The minimum Gasteiger partial charge on any atom is -0.382 e. The highest BCUT2D eigenvalue weighted by atomic mass is 35.5. The number of carbonyl (C=O) groups is 1. The summed E-state index contributed by atoms with van der Waals surface area (Å²) in [6.07, 6.45) is -14.2. The van der Waals surface area contributed by atoms with Gasteiger partial charge in [0, 0.05) is 22.9 Å². The number of aliphatic hydroxyl groups is 1. The molecule has 254 valence electrons. The maximum absolute atomic E-state index is 13.4. The first kappa shape index (κ1) is 36.1. The zero-order chi connectivity index (χ0) is 34.9. The van der Waals surface area contributed by atoms with Gasteiger partial charge in [-0.25, -0.2) is 19.1 Å². The van der Waals surface area contributed by atoms with E-state index in [-0.39, 0.29) is 33.7 Å². The minimum atomic E-state index is -5.16. The molecule has 0 bridgehead atoms. The number of halogens is 8. The maximum atomic E-state index is 13.4. The second-order valence-corrected chi connectivity index (χ2v) is 12.3. The molecular formula is C29H28Cl2F6N6O4. The quantitative estimate of drug-likeness (QED) is 0.190. The number of Topliss-reactive ketones (excluding diaryl/α,β-unsaturated/α-hetero) is 1. The summed E-state index contributed by atoms with van der Waals surface area (Å²) in [7, 11) is 0. The summed E-state index contributed by atoms with van der Waals surface area (Å²) in [6, 6.07) is 11.8. The van der Waals surface area contributed by atoms with Gasteiger partial charge in [-0.05, 0) is 57.2 Å². The van der Waals surface area contributed by atoms with Gasteiger partial charge < -0.3 is 9.84 Å². The fourth-order valence-electron chi connectivity index (χ4n) is 4.35. The van der Waals surface area contributed by atoms with Crippen molar-refractivity contribution in [3.05, 3.63) is 80.7 Å². The molecule has 18 heteroatoms. The third-order valence-corrected chi connectivity index (χ3v) is 7.21. The molecule has 0 unspecified atom stereocenters. The number of alkyl halides is 6. The normalized spacial score (nSPS) is 14.0. The lowest BCUT2D eigenvalue weighted by molar-refractivity contribution is -0.207. The molecule has 2 aromatic carbocycles. The van der Waals surface area contributed by atoms with Crippen LogP contribution in [0.3, 0.4) is 0 Å². The van der Waals surface area contributed by atoms with Crippen LogP contribution in [-0.2, 0) is 22.6 Å². The molecule has 2 aromatic heterocycles. The number of ether oxygens (including phenoxy) is 1. The molecular weight excluding hydrogens is 681 g/mol. The van der Waals surface area contributed by atoms with Crippen molar-refractivity contribution < 1.29 is 41.0 Å². The molecule has 47 heavy (non-hydrogen) atoms. The lowest BCUT2D eigenvalue weighted by Crippen LogP contribution is -2.37. The van der Waals surface area contributed by atoms with E-state index in [1.165, 1.54) is 36.4 Å². The first-order chi connectivity index (χ1) is 21.7. The SMILES string of the molecule is CC(C)(C)OC[C@H](CC(=O)C(F)(F)F)c1nc(Cn2nc(-c3ccc(Cl)cc3)n(C[C@H](O)C(F)(F)F)c2=O)nn1-c1ccccc1Cl. The topological polar surface area (TPSA) is 117 Å². The summed E-state index contributed by atoms with van der Waals surface area (Å²) >= 11 is 12.3. The zero-order valence-corrected chi connectivity index (χ0v) is 26.5. The van der Waals surface area contributed by atoms with Crippen LogP contribution in [0, 0.1) is 0 Å². The fourth-order valence-corrected chi connectivity index (χ4v) is 4.69. The molecule has 0 radical (unpaired) electrons. The summed E-state index contributed by atoms with van der Waals surface area (Å²) in [5.41, 5.74) is -1.53. The first-order valence-electron chi connectivity index (χ1n) is 13.9. The van der Waals surface area contributed by atoms with Gasteiger partial charge in [0.1, 0.15) is 12.4 Å². The van der Waals surface area contributed by atoms with Crippen LogP contribution in [0.5, 0.6) is 0 Å².